The lowest BCUT2D eigenvalue weighted by atomic mass is 10.0. The molecule has 0 radical (unpaired) electrons. The van der Waals surface area contributed by atoms with Gasteiger partial charge in [-0.2, -0.15) is 0 Å². The minimum Gasteiger partial charge on any atom is -0.264 e. The molecule has 0 amide bonds. The van der Waals surface area contributed by atoms with Crippen LogP contribution in [-0.4, -0.2) is 13.9 Å². The Morgan fingerprint density at radius 1 is 1.26 bits per heavy atom. The van der Waals surface area contributed by atoms with Gasteiger partial charge in [-0.15, -0.1) is 0 Å². The van der Waals surface area contributed by atoms with E-state index < -0.39 is 11.0 Å². The molecular weight excluding hydrogens is 256 g/mol. The standard InChI is InChI=1S/C15H20N2OS/c1-11(17-19(18)15(2,3)4)13-7-5-6-12-8-9-16-10-14(12)13/h5-11,17H,1-4H3/t11-,19+/m0/s1. The van der Waals surface area contributed by atoms with Crippen molar-refractivity contribution in [3.63, 3.8) is 0 Å². The summed E-state index contributed by atoms with van der Waals surface area (Å²) in [5, 5.41) is 2.26. The zero-order chi connectivity index (χ0) is 14.0. The van der Waals surface area contributed by atoms with Crippen LogP contribution in [0.5, 0.6) is 0 Å². The van der Waals surface area contributed by atoms with Crippen LogP contribution < -0.4 is 4.72 Å². The van der Waals surface area contributed by atoms with Gasteiger partial charge in [0.15, 0.2) is 0 Å². The lowest BCUT2D eigenvalue weighted by molar-refractivity contribution is 0.617. The van der Waals surface area contributed by atoms with Crippen molar-refractivity contribution in [2.24, 2.45) is 0 Å². The molecule has 0 bridgehead atoms. The van der Waals surface area contributed by atoms with Gasteiger partial charge in [-0.25, -0.2) is 8.93 Å². The van der Waals surface area contributed by atoms with Crippen LogP contribution >= 0.6 is 0 Å². The molecule has 0 unspecified atom stereocenters. The van der Waals surface area contributed by atoms with Crippen molar-refractivity contribution in [3.05, 3.63) is 42.2 Å². The molecule has 0 saturated heterocycles. The molecule has 19 heavy (non-hydrogen) atoms. The number of fused-ring (bicyclic) bond motifs is 1. The molecule has 0 aliphatic carbocycles. The fourth-order valence-electron chi connectivity index (χ4n) is 1.92. The van der Waals surface area contributed by atoms with Crippen molar-refractivity contribution >= 4 is 21.8 Å². The third kappa shape index (κ3) is 3.19. The zero-order valence-electron chi connectivity index (χ0n) is 11.8. The smallest absolute Gasteiger partial charge is 0.0975 e. The van der Waals surface area contributed by atoms with E-state index in [1.807, 2.05) is 46.0 Å². The summed E-state index contributed by atoms with van der Waals surface area (Å²) in [5.74, 6) is 0. The molecule has 0 saturated carbocycles. The quantitative estimate of drug-likeness (QED) is 0.934. The minimum atomic E-state index is -1.08. The van der Waals surface area contributed by atoms with Gasteiger partial charge in [0, 0.05) is 23.8 Å². The van der Waals surface area contributed by atoms with E-state index in [2.05, 4.69) is 21.8 Å². The first-order valence-corrected chi connectivity index (χ1v) is 7.55. The largest absolute Gasteiger partial charge is 0.264 e. The summed E-state index contributed by atoms with van der Waals surface area (Å²) in [4.78, 5) is 4.18. The Morgan fingerprint density at radius 2 is 2.00 bits per heavy atom. The van der Waals surface area contributed by atoms with E-state index in [4.69, 9.17) is 0 Å². The maximum absolute atomic E-state index is 12.2. The predicted octanol–water partition coefficient (Wildman–Crippen LogP) is 3.35. The van der Waals surface area contributed by atoms with Crippen LogP contribution in [0.2, 0.25) is 0 Å². The average molecular weight is 276 g/mol. The van der Waals surface area contributed by atoms with Gasteiger partial charge in [0.1, 0.15) is 0 Å². The first kappa shape index (κ1) is 14.2. The van der Waals surface area contributed by atoms with E-state index >= 15 is 0 Å². The molecule has 102 valence electrons. The Morgan fingerprint density at radius 3 is 2.68 bits per heavy atom. The maximum atomic E-state index is 12.2. The summed E-state index contributed by atoms with van der Waals surface area (Å²) < 4.78 is 15.1. The second-order valence-electron chi connectivity index (χ2n) is 5.66. The highest BCUT2D eigenvalue weighted by molar-refractivity contribution is 7.84. The summed E-state index contributed by atoms with van der Waals surface area (Å²) >= 11 is 0. The summed E-state index contributed by atoms with van der Waals surface area (Å²) in [5.41, 5.74) is 1.13. The summed E-state index contributed by atoms with van der Waals surface area (Å²) in [6, 6.07) is 8.16. The van der Waals surface area contributed by atoms with Gasteiger partial charge in [-0.05, 0) is 44.7 Å². The van der Waals surface area contributed by atoms with Crippen molar-refractivity contribution < 1.29 is 4.21 Å². The lowest BCUT2D eigenvalue weighted by Gasteiger charge is -2.22. The van der Waals surface area contributed by atoms with Gasteiger partial charge >= 0.3 is 0 Å². The van der Waals surface area contributed by atoms with Crippen molar-refractivity contribution in [3.8, 4) is 0 Å². The topological polar surface area (TPSA) is 42.0 Å². The van der Waals surface area contributed by atoms with E-state index in [1.54, 1.807) is 6.20 Å². The molecule has 1 N–H and O–H groups in total. The highest BCUT2D eigenvalue weighted by atomic mass is 32.2. The third-order valence-electron chi connectivity index (χ3n) is 3.02. The van der Waals surface area contributed by atoms with Gasteiger partial charge in [-0.3, -0.25) is 4.98 Å². The van der Waals surface area contributed by atoms with Gasteiger partial charge in [-0.1, -0.05) is 18.2 Å². The van der Waals surface area contributed by atoms with Crippen LogP contribution in [0.3, 0.4) is 0 Å². The monoisotopic (exact) mass is 276 g/mol. The molecule has 2 aromatic rings. The SMILES string of the molecule is C[C@H](N[S@](=O)C(C)(C)C)c1cccc2ccncc12. The number of nitrogens with zero attached hydrogens (tertiary/aromatic N) is 1. The van der Waals surface area contributed by atoms with Crippen molar-refractivity contribution in [2.45, 2.75) is 38.5 Å². The van der Waals surface area contributed by atoms with E-state index in [0.717, 1.165) is 16.3 Å². The van der Waals surface area contributed by atoms with Crippen LogP contribution in [0.4, 0.5) is 0 Å². The molecule has 1 aromatic carbocycles. The molecule has 1 heterocycles. The van der Waals surface area contributed by atoms with E-state index in [1.165, 1.54) is 0 Å². The second-order valence-corrected chi connectivity index (χ2v) is 7.66. The van der Waals surface area contributed by atoms with Crippen LogP contribution in [0.25, 0.3) is 10.8 Å². The first-order chi connectivity index (χ1) is 8.89. The number of rotatable bonds is 3. The molecule has 0 aliphatic rings. The summed E-state index contributed by atoms with van der Waals surface area (Å²) in [6.45, 7) is 7.93. The Kier molecular flexibility index (Phi) is 4.02. The summed E-state index contributed by atoms with van der Waals surface area (Å²) in [6.07, 6.45) is 3.65. The first-order valence-electron chi connectivity index (χ1n) is 6.40. The summed E-state index contributed by atoms with van der Waals surface area (Å²) in [7, 11) is -1.08. The molecule has 3 nitrogen and oxygen atoms in total. The number of benzene rings is 1. The van der Waals surface area contributed by atoms with Gasteiger partial charge in [0.2, 0.25) is 0 Å². The number of nitrogens with one attached hydrogen (secondary N) is 1. The number of hydrogen-bond acceptors (Lipinski definition) is 2. The number of aromatic nitrogens is 1. The predicted molar refractivity (Wildman–Crippen MR) is 81.2 cm³/mol. The maximum Gasteiger partial charge on any atom is 0.0975 e. The highest BCUT2D eigenvalue weighted by Gasteiger charge is 2.22. The third-order valence-corrected chi connectivity index (χ3v) is 4.70. The van der Waals surface area contributed by atoms with Gasteiger partial charge in [0.05, 0.1) is 15.7 Å². The number of hydrogen-bond donors (Lipinski definition) is 1. The lowest BCUT2D eigenvalue weighted by Crippen LogP contribution is -2.34. The Balaban J connectivity index is 2.32. The van der Waals surface area contributed by atoms with Crippen molar-refractivity contribution in [2.75, 3.05) is 0 Å². The molecular formula is C15H20N2OS. The zero-order valence-corrected chi connectivity index (χ0v) is 12.6. The average Bonchev–Trinajstić information content (AvgIpc) is 2.36. The Bertz CT molecular complexity index is 599. The second kappa shape index (κ2) is 5.39. The fourth-order valence-corrected chi connectivity index (χ4v) is 2.72. The Labute approximate surface area is 117 Å². The van der Waals surface area contributed by atoms with E-state index in [9.17, 15) is 4.21 Å². The molecule has 0 fully saturated rings. The van der Waals surface area contributed by atoms with E-state index in [-0.39, 0.29) is 10.8 Å². The van der Waals surface area contributed by atoms with Crippen LogP contribution in [0, 0.1) is 0 Å². The molecule has 0 aliphatic heterocycles. The van der Waals surface area contributed by atoms with Crippen LogP contribution in [-0.2, 0) is 11.0 Å². The van der Waals surface area contributed by atoms with Crippen LogP contribution in [0.1, 0.15) is 39.3 Å². The molecule has 2 rings (SSSR count). The van der Waals surface area contributed by atoms with Crippen LogP contribution in [0.15, 0.2) is 36.7 Å². The van der Waals surface area contributed by atoms with Crippen molar-refractivity contribution in [1.29, 1.82) is 0 Å². The molecule has 4 heteroatoms. The Hall–Kier alpha value is -1.26. The van der Waals surface area contributed by atoms with E-state index in [0.29, 0.717) is 0 Å². The van der Waals surface area contributed by atoms with Crippen molar-refractivity contribution in [1.82, 2.24) is 9.71 Å². The van der Waals surface area contributed by atoms with Gasteiger partial charge < -0.3 is 0 Å². The fraction of sp³-hybridized carbons (Fsp3) is 0.400. The normalized spacial score (nSPS) is 15.4. The minimum absolute atomic E-state index is 0.0213. The highest BCUT2D eigenvalue weighted by Crippen LogP contribution is 2.24. The number of pyridine rings is 1. The molecule has 0 spiro atoms. The van der Waals surface area contributed by atoms with Gasteiger partial charge in [0.25, 0.3) is 0 Å². The molecule has 2 atom stereocenters. The molecule has 1 aromatic heterocycles.